The molecule has 17 heavy (non-hydrogen) atoms. The lowest BCUT2D eigenvalue weighted by Crippen LogP contribution is -2.23. The number of hydrogen-bond donors (Lipinski definition) is 0. The molecule has 1 amide bonds. The first-order valence-corrected chi connectivity index (χ1v) is 6.82. The van der Waals surface area contributed by atoms with E-state index in [0.717, 1.165) is 23.0 Å². The molecule has 3 nitrogen and oxygen atoms in total. The Balaban J connectivity index is 2.04. The largest absolute Gasteiger partial charge is 0.313 e. The minimum Gasteiger partial charge on any atom is -0.313 e. The fourth-order valence-electron chi connectivity index (χ4n) is 1.49. The van der Waals surface area contributed by atoms with Crippen LogP contribution >= 0.6 is 27.3 Å². The standard InChI is InChI=1S/C12H11BrN2OS/c13-10-6-11(8-14-7-10)15(9-16)4-3-12-2-1-5-17-12/h1-2,5-9H,3-4H2. The zero-order chi connectivity index (χ0) is 12.1. The third-order valence-electron chi connectivity index (χ3n) is 2.33. The Bertz CT molecular complexity index is 487. The van der Waals surface area contributed by atoms with Crippen molar-refractivity contribution in [3.8, 4) is 0 Å². The Morgan fingerprint density at radius 1 is 1.47 bits per heavy atom. The highest BCUT2D eigenvalue weighted by atomic mass is 79.9. The maximum atomic E-state index is 11.1. The number of rotatable bonds is 5. The fraction of sp³-hybridized carbons (Fsp3) is 0.167. The van der Waals surface area contributed by atoms with E-state index >= 15 is 0 Å². The van der Waals surface area contributed by atoms with Gasteiger partial charge in [0.15, 0.2) is 0 Å². The summed E-state index contributed by atoms with van der Waals surface area (Å²) in [6.07, 6.45) is 5.10. The van der Waals surface area contributed by atoms with Gasteiger partial charge in [0.05, 0.1) is 11.9 Å². The Hall–Kier alpha value is -1.20. The lowest BCUT2D eigenvalue weighted by Gasteiger charge is -2.16. The summed E-state index contributed by atoms with van der Waals surface area (Å²) in [6.45, 7) is 0.669. The molecule has 5 heteroatoms. The van der Waals surface area contributed by atoms with Crippen molar-refractivity contribution >= 4 is 39.4 Å². The maximum Gasteiger partial charge on any atom is 0.214 e. The number of pyridine rings is 1. The molecule has 0 aliphatic heterocycles. The molecular formula is C12H11BrN2OS. The minimum absolute atomic E-state index is 0.669. The van der Waals surface area contributed by atoms with Gasteiger partial charge in [-0.15, -0.1) is 11.3 Å². The molecule has 2 rings (SSSR count). The smallest absolute Gasteiger partial charge is 0.214 e. The van der Waals surface area contributed by atoms with Crippen LogP contribution in [0.5, 0.6) is 0 Å². The normalized spacial score (nSPS) is 10.2. The third-order valence-corrected chi connectivity index (χ3v) is 3.70. The van der Waals surface area contributed by atoms with Crippen LogP contribution in [-0.2, 0) is 11.2 Å². The van der Waals surface area contributed by atoms with E-state index in [4.69, 9.17) is 0 Å². The van der Waals surface area contributed by atoms with E-state index in [9.17, 15) is 4.79 Å². The van der Waals surface area contributed by atoms with Gasteiger partial charge >= 0.3 is 0 Å². The molecule has 0 aliphatic rings. The van der Waals surface area contributed by atoms with Crippen LogP contribution in [0.4, 0.5) is 5.69 Å². The van der Waals surface area contributed by atoms with E-state index in [1.807, 2.05) is 17.5 Å². The summed E-state index contributed by atoms with van der Waals surface area (Å²) >= 11 is 5.05. The summed E-state index contributed by atoms with van der Waals surface area (Å²) in [7, 11) is 0. The number of carbonyl (C=O) groups is 1. The Morgan fingerprint density at radius 3 is 3.00 bits per heavy atom. The van der Waals surface area contributed by atoms with Crippen molar-refractivity contribution < 1.29 is 4.79 Å². The van der Waals surface area contributed by atoms with Gasteiger partial charge in [0.2, 0.25) is 6.41 Å². The molecule has 0 bridgehead atoms. The SMILES string of the molecule is O=CN(CCc1cccs1)c1cncc(Br)c1. The predicted molar refractivity (Wildman–Crippen MR) is 73.4 cm³/mol. The average Bonchev–Trinajstić information content (AvgIpc) is 2.83. The highest BCUT2D eigenvalue weighted by Crippen LogP contribution is 2.18. The molecule has 0 atom stereocenters. The van der Waals surface area contributed by atoms with Crippen LogP contribution in [0.3, 0.4) is 0 Å². The first kappa shape index (κ1) is 12.3. The molecule has 0 aliphatic carbocycles. The molecule has 2 aromatic heterocycles. The number of thiophene rings is 1. The molecule has 0 unspecified atom stereocenters. The number of hydrogen-bond acceptors (Lipinski definition) is 3. The van der Waals surface area contributed by atoms with E-state index < -0.39 is 0 Å². The van der Waals surface area contributed by atoms with E-state index in [1.54, 1.807) is 28.6 Å². The second kappa shape index (κ2) is 5.93. The van der Waals surface area contributed by atoms with Crippen LogP contribution < -0.4 is 4.90 Å². The predicted octanol–water partition coefficient (Wildman–Crippen LogP) is 3.11. The molecule has 0 fully saturated rings. The van der Waals surface area contributed by atoms with Crippen molar-refractivity contribution in [1.29, 1.82) is 0 Å². The summed E-state index contributed by atoms with van der Waals surface area (Å²) in [5.41, 5.74) is 0.811. The van der Waals surface area contributed by atoms with Gasteiger partial charge in [-0.2, -0.15) is 0 Å². The van der Waals surface area contributed by atoms with Crippen LogP contribution in [-0.4, -0.2) is 17.9 Å². The molecular weight excluding hydrogens is 300 g/mol. The van der Waals surface area contributed by atoms with Crippen LogP contribution in [0.1, 0.15) is 4.88 Å². The molecule has 0 radical (unpaired) electrons. The maximum absolute atomic E-state index is 11.1. The Labute approximate surface area is 112 Å². The van der Waals surface area contributed by atoms with E-state index in [1.165, 1.54) is 4.88 Å². The van der Waals surface area contributed by atoms with Gasteiger partial charge in [0.1, 0.15) is 0 Å². The Kier molecular flexibility index (Phi) is 4.28. The van der Waals surface area contributed by atoms with Crippen LogP contribution in [0.25, 0.3) is 0 Å². The zero-order valence-corrected chi connectivity index (χ0v) is 11.4. The van der Waals surface area contributed by atoms with Crippen LogP contribution in [0.15, 0.2) is 40.4 Å². The zero-order valence-electron chi connectivity index (χ0n) is 9.04. The van der Waals surface area contributed by atoms with Crippen molar-refractivity contribution in [3.05, 3.63) is 45.3 Å². The summed E-state index contributed by atoms with van der Waals surface area (Å²) in [5, 5.41) is 2.04. The molecule has 0 saturated heterocycles. The summed E-state index contributed by atoms with van der Waals surface area (Å²) in [4.78, 5) is 18.1. The number of amides is 1. The van der Waals surface area contributed by atoms with Crippen molar-refractivity contribution in [1.82, 2.24) is 4.98 Å². The lowest BCUT2D eigenvalue weighted by molar-refractivity contribution is -0.107. The molecule has 88 valence electrons. The third kappa shape index (κ3) is 3.38. The fourth-order valence-corrected chi connectivity index (χ4v) is 2.54. The Morgan fingerprint density at radius 2 is 2.35 bits per heavy atom. The van der Waals surface area contributed by atoms with Gasteiger partial charge < -0.3 is 4.90 Å². The summed E-state index contributed by atoms with van der Waals surface area (Å²) < 4.78 is 0.873. The molecule has 0 N–H and O–H groups in total. The second-order valence-corrected chi connectivity index (χ2v) is 5.44. The molecule has 0 spiro atoms. The van der Waals surface area contributed by atoms with Crippen molar-refractivity contribution in [2.45, 2.75) is 6.42 Å². The van der Waals surface area contributed by atoms with Gasteiger partial charge in [0, 0.05) is 22.1 Å². The van der Waals surface area contributed by atoms with Gasteiger partial charge in [0.25, 0.3) is 0 Å². The van der Waals surface area contributed by atoms with Gasteiger partial charge in [-0.1, -0.05) is 6.07 Å². The number of halogens is 1. The summed E-state index contributed by atoms with van der Waals surface area (Å²) in [5.74, 6) is 0. The van der Waals surface area contributed by atoms with Crippen LogP contribution in [0.2, 0.25) is 0 Å². The first-order chi connectivity index (χ1) is 8.29. The molecule has 2 aromatic rings. The van der Waals surface area contributed by atoms with Gasteiger partial charge in [-0.05, 0) is 39.9 Å². The monoisotopic (exact) mass is 310 g/mol. The molecule has 2 heterocycles. The van der Waals surface area contributed by atoms with E-state index in [0.29, 0.717) is 6.54 Å². The van der Waals surface area contributed by atoms with Crippen molar-refractivity contribution in [3.63, 3.8) is 0 Å². The highest BCUT2D eigenvalue weighted by Gasteiger charge is 2.06. The number of anilines is 1. The van der Waals surface area contributed by atoms with E-state index in [-0.39, 0.29) is 0 Å². The minimum atomic E-state index is 0.669. The highest BCUT2D eigenvalue weighted by molar-refractivity contribution is 9.10. The quantitative estimate of drug-likeness (QED) is 0.795. The molecule has 0 aromatic carbocycles. The van der Waals surface area contributed by atoms with Crippen molar-refractivity contribution in [2.75, 3.05) is 11.4 Å². The van der Waals surface area contributed by atoms with Gasteiger partial charge in [-0.3, -0.25) is 9.78 Å². The number of nitrogens with zero attached hydrogens (tertiary/aromatic N) is 2. The molecule has 0 saturated carbocycles. The van der Waals surface area contributed by atoms with Gasteiger partial charge in [-0.25, -0.2) is 0 Å². The number of aromatic nitrogens is 1. The first-order valence-electron chi connectivity index (χ1n) is 5.14. The topological polar surface area (TPSA) is 33.2 Å². The lowest BCUT2D eigenvalue weighted by atomic mass is 10.3. The number of carbonyl (C=O) groups excluding carboxylic acids is 1. The van der Waals surface area contributed by atoms with Crippen molar-refractivity contribution in [2.24, 2.45) is 0 Å². The average molecular weight is 311 g/mol. The van der Waals surface area contributed by atoms with E-state index in [2.05, 4.69) is 27.0 Å². The summed E-state index contributed by atoms with van der Waals surface area (Å²) in [6, 6.07) is 5.98. The van der Waals surface area contributed by atoms with Crippen LogP contribution in [0, 0.1) is 0 Å². The second-order valence-electron chi connectivity index (χ2n) is 3.49.